The van der Waals surface area contributed by atoms with E-state index < -0.39 is 22.1 Å². The average molecular weight is 515 g/mol. The minimum absolute atomic E-state index is 0.0487. The van der Waals surface area contributed by atoms with Crippen molar-refractivity contribution in [1.82, 2.24) is 14.9 Å². The van der Waals surface area contributed by atoms with E-state index in [-0.39, 0.29) is 35.3 Å². The van der Waals surface area contributed by atoms with Crippen molar-refractivity contribution >= 4 is 44.6 Å². The molecular formula is C27H22N4O5S. The van der Waals surface area contributed by atoms with Crippen molar-refractivity contribution in [1.29, 1.82) is 0 Å². The van der Waals surface area contributed by atoms with Gasteiger partial charge in [0.2, 0.25) is 0 Å². The van der Waals surface area contributed by atoms with E-state index in [9.17, 15) is 18.0 Å². The summed E-state index contributed by atoms with van der Waals surface area (Å²) in [5, 5.41) is 0.703. The number of nitrogens with one attached hydrogen (secondary N) is 1. The lowest BCUT2D eigenvalue weighted by Crippen LogP contribution is -2.55. The molecule has 10 heteroatoms. The quantitative estimate of drug-likeness (QED) is 0.373. The van der Waals surface area contributed by atoms with E-state index in [1.807, 2.05) is 0 Å². The summed E-state index contributed by atoms with van der Waals surface area (Å²) in [5.74, 6) is -0.800. The van der Waals surface area contributed by atoms with Crippen LogP contribution < -0.4 is 4.72 Å². The van der Waals surface area contributed by atoms with E-state index in [2.05, 4.69) is 21.3 Å². The third-order valence-electron chi connectivity index (χ3n) is 5.93. The smallest absolute Gasteiger partial charge is 0.357 e. The molecule has 186 valence electrons. The molecule has 5 rings (SSSR count). The van der Waals surface area contributed by atoms with Gasteiger partial charge in [-0.15, -0.1) is 0 Å². The van der Waals surface area contributed by atoms with Crippen LogP contribution in [0, 0.1) is 0 Å². The average Bonchev–Trinajstić information content (AvgIpc) is 2.90. The van der Waals surface area contributed by atoms with Gasteiger partial charge in [-0.1, -0.05) is 36.9 Å². The Hall–Kier alpha value is -4.57. The monoisotopic (exact) mass is 514 g/mol. The van der Waals surface area contributed by atoms with Gasteiger partial charge in [0.1, 0.15) is 16.7 Å². The third kappa shape index (κ3) is 4.91. The molecule has 1 aliphatic rings. The Bertz CT molecular complexity index is 1610. The molecule has 2 aromatic carbocycles. The molecule has 0 spiro atoms. The molecule has 1 fully saturated rings. The van der Waals surface area contributed by atoms with E-state index in [4.69, 9.17) is 4.74 Å². The summed E-state index contributed by atoms with van der Waals surface area (Å²) in [6, 6.07) is 18.1. The Morgan fingerprint density at radius 2 is 1.78 bits per heavy atom. The maximum absolute atomic E-state index is 13.2. The predicted octanol–water partition coefficient (Wildman–Crippen LogP) is 3.76. The standard InChI is InChI=1S/C27H22N4O5S/c1-2-18-15-20(26(32)31-16-21(17-31)36-27(33)23-9-3-4-13-28-23)11-12-22(18)30-37(34,35)24-10-5-7-19-8-6-14-29-25(19)24/h2-15,21,30H,1,16-17H2. The van der Waals surface area contributed by atoms with Gasteiger partial charge in [-0.05, 0) is 48.0 Å². The third-order valence-corrected chi connectivity index (χ3v) is 7.33. The van der Waals surface area contributed by atoms with Crippen LogP contribution in [0.3, 0.4) is 0 Å². The number of rotatable bonds is 7. The van der Waals surface area contributed by atoms with Crippen LogP contribution in [0.15, 0.2) is 90.6 Å². The number of sulfonamides is 1. The number of benzene rings is 2. The van der Waals surface area contributed by atoms with Crippen LogP contribution >= 0.6 is 0 Å². The molecule has 0 unspecified atom stereocenters. The number of nitrogens with zero attached hydrogens (tertiary/aromatic N) is 3. The summed E-state index contributed by atoms with van der Waals surface area (Å²) in [5.41, 5.74) is 1.66. The maximum atomic E-state index is 13.2. The summed E-state index contributed by atoms with van der Waals surface area (Å²) in [4.78, 5) is 34.9. The lowest BCUT2D eigenvalue weighted by atomic mass is 10.0. The molecule has 2 aromatic heterocycles. The van der Waals surface area contributed by atoms with Crippen LogP contribution in [0.1, 0.15) is 26.4 Å². The number of carbonyl (C=O) groups is 2. The minimum atomic E-state index is -3.97. The van der Waals surface area contributed by atoms with Gasteiger partial charge in [-0.2, -0.15) is 0 Å². The largest absolute Gasteiger partial charge is 0.454 e. The molecule has 0 radical (unpaired) electrons. The normalized spacial score (nSPS) is 13.6. The molecule has 3 heterocycles. The molecule has 1 N–H and O–H groups in total. The van der Waals surface area contributed by atoms with E-state index in [0.29, 0.717) is 22.0 Å². The van der Waals surface area contributed by atoms with Crippen LogP contribution in [-0.2, 0) is 14.8 Å². The van der Waals surface area contributed by atoms with Crippen molar-refractivity contribution in [2.24, 2.45) is 0 Å². The Morgan fingerprint density at radius 3 is 2.54 bits per heavy atom. The Morgan fingerprint density at radius 1 is 1.00 bits per heavy atom. The molecule has 1 saturated heterocycles. The maximum Gasteiger partial charge on any atom is 0.357 e. The predicted molar refractivity (Wildman–Crippen MR) is 138 cm³/mol. The van der Waals surface area contributed by atoms with Gasteiger partial charge in [0, 0.05) is 23.3 Å². The molecule has 0 saturated carbocycles. The lowest BCUT2D eigenvalue weighted by Gasteiger charge is -2.38. The lowest BCUT2D eigenvalue weighted by molar-refractivity contribution is -0.0238. The number of para-hydroxylation sites is 1. The van der Waals surface area contributed by atoms with Crippen LogP contribution in [0.2, 0.25) is 0 Å². The van der Waals surface area contributed by atoms with Gasteiger partial charge in [-0.3, -0.25) is 14.5 Å². The molecule has 9 nitrogen and oxygen atoms in total. The zero-order valence-electron chi connectivity index (χ0n) is 19.6. The Balaban J connectivity index is 1.28. The first-order valence-corrected chi connectivity index (χ1v) is 12.9. The number of aromatic nitrogens is 2. The van der Waals surface area contributed by atoms with E-state index in [0.717, 1.165) is 0 Å². The summed E-state index contributed by atoms with van der Waals surface area (Å²) in [6.07, 6.45) is 4.10. The van der Waals surface area contributed by atoms with Gasteiger partial charge in [0.05, 0.1) is 24.3 Å². The summed E-state index contributed by atoms with van der Waals surface area (Å²) in [7, 11) is -3.97. The first-order valence-electron chi connectivity index (χ1n) is 11.4. The number of anilines is 1. The summed E-state index contributed by atoms with van der Waals surface area (Å²) >= 11 is 0. The van der Waals surface area contributed by atoms with Crippen LogP contribution in [0.4, 0.5) is 5.69 Å². The highest BCUT2D eigenvalue weighted by Gasteiger charge is 2.34. The number of hydrogen-bond acceptors (Lipinski definition) is 7. The zero-order valence-corrected chi connectivity index (χ0v) is 20.4. The van der Waals surface area contributed by atoms with E-state index >= 15 is 0 Å². The number of ether oxygens (including phenoxy) is 1. The fourth-order valence-corrected chi connectivity index (χ4v) is 5.27. The molecule has 37 heavy (non-hydrogen) atoms. The highest BCUT2D eigenvalue weighted by atomic mass is 32.2. The second-order valence-corrected chi connectivity index (χ2v) is 10.0. The van der Waals surface area contributed by atoms with Crippen molar-refractivity contribution in [3.8, 4) is 0 Å². The summed E-state index contributed by atoms with van der Waals surface area (Å²) < 4.78 is 34.3. The SMILES string of the molecule is C=Cc1cc(C(=O)N2CC(OC(=O)c3ccccn3)C2)ccc1NS(=O)(=O)c1cccc2cccnc12. The van der Waals surface area contributed by atoms with Gasteiger partial charge >= 0.3 is 5.97 Å². The van der Waals surface area contributed by atoms with E-state index in [1.165, 1.54) is 30.6 Å². The van der Waals surface area contributed by atoms with Crippen LogP contribution in [0.25, 0.3) is 17.0 Å². The van der Waals surface area contributed by atoms with Crippen molar-refractivity contribution in [3.63, 3.8) is 0 Å². The first-order chi connectivity index (χ1) is 17.9. The minimum Gasteiger partial charge on any atom is -0.454 e. The number of hydrogen-bond donors (Lipinski definition) is 1. The van der Waals surface area contributed by atoms with Crippen LogP contribution in [0.5, 0.6) is 0 Å². The topological polar surface area (TPSA) is 119 Å². The molecule has 1 amide bonds. The number of likely N-dealkylation sites (tertiary alicyclic amines) is 1. The molecule has 0 aliphatic carbocycles. The van der Waals surface area contributed by atoms with Crippen molar-refractivity contribution in [2.45, 2.75) is 11.0 Å². The van der Waals surface area contributed by atoms with E-state index in [1.54, 1.807) is 59.5 Å². The number of carbonyl (C=O) groups excluding carboxylic acids is 2. The zero-order chi connectivity index (χ0) is 26.0. The number of amides is 1. The highest BCUT2D eigenvalue weighted by Crippen LogP contribution is 2.27. The van der Waals surface area contributed by atoms with Crippen molar-refractivity contribution < 1.29 is 22.7 Å². The number of pyridine rings is 2. The Labute approximate surface area is 213 Å². The highest BCUT2D eigenvalue weighted by molar-refractivity contribution is 7.93. The number of esters is 1. The number of fused-ring (bicyclic) bond motifs is 1. The summed E-state index contributed by atoms with van der Waals surface area (Å²) in [6.45, 7) is 4.27. The van der Waals surface area contributed by atoms with Gasteiger partial charge in [0.15, 0.2) is 0 Å². The fourth-order valence-electron chi connectivity index (χ4n) is 4.01. The van der Waals surface area contributed by atoms with Crippen LogP contribution in [-0.4, -0.2) is 54.4 Å². The second-order valence-electron chi connectivity index (χ2n) is 8.40. The van der Waals surface area contributed by atoms with Crippen molar-refractivity contribution in [2.75, 3.05) is 17.8 Å². The molecule has 0 bridgehead atoms. The first kappa shape index (κ1) is 24.1. The van der Waals surface area contributed by atoms with Gasteiger partial charge in [0.25, 0.3) is 15.9 Å². The molecule has 4 aromatic rings. The Kier molecular flexibility index (Phi) is 6.41. The fraction of sp³-hybridized carbons (Fsp3) is 0.111. The molecule has 0 atom stereocenters. The van der Waals surface area contributed by atoms with Gasteiger partial charge in [-0.25, -0.2) is 18.2 Å². The second kappa shape index (κ2) is 9.82. The molecular weight excluding hydrogens is 492 g/mol. The van der Waals surface area contributed by atoms with Gasteiger partial charge < -0.3 is 9.64 Å². The van der Waals surface area contributed by atoms with Crippen molar-refractivity contribution in [3.05, 3.63) is 103 Å². The molecule has 1 aliphatic heterocycles.